The summed E-state index contributed by atoms with van der Waals surface area (Å²) in [6.45, 7) is 1.90. The number of nitrogens with one attached hydrogen (secondary N) is 1. The number of aryl methyl sites for hydroxylation is 1. The van der Waals surface area contributed by atoms with Crippen molar-refractivity contribution < 1.29 is 29.0 Å². The minimum Gasteiger partial charge on any atom is -0.478 e. The Morgan fingerprint density at radius 3 is 2.32 bits per heavy atom. The number of amides is 1. The number of halogens is 1. The number of fused-ring (bicyclic) bond motifs is 1. The second-order valence-corrected chi connectivity index (χ2v) is 6.10. The van der Waals surface area contributed by atoms with Gasteiger partial charge in [-0.1, -0.05) is 13.3 Å². The van der Waals surface area contributed by atoms with Gasteiger partial charge in [-0.2, -0.15) is 0 Å². The molecule has 9 heteroatoms. The molecule has 0 saturated carbocycles. The third kappa shape index (κ3) is 3.68. The van der Waals surface area contributed by atoms with Gasteiger partial charge in [0.15, 0.2) is 0 Å². The maximum atomic E-state index is 13.7. The SMILES string of the molecule is CCCc1nc2ccc(F)cn2c1C(=O)Nc1cc(C(=O)O)cc(C(=O)O)c1. The molecule has 0 aliphatic carbocycles. The molecule has 0 spiro atoms. The molecule has 0 bridgehead atoms. The Labute approximate surface area is 158 Å². The average Bonchev–Trinajstić information content (AvgIpc) is 2.98. The topological polar surface area (TPSA) is 121 Å². The van der Waals surface area contributed by atoms with Gasteiger partial charge in [0, 0.05) is 11.9 Å². The van der Waals surface area contributed by atoms with Gasteiger partial charge < -0.3 is 15.5 Å². The molecule has 3 N–H and O–H groups in total. The molecular formula is C19H16FN3O5. The van der Waals surface area contributed by atoms with Gasteiger partial charge in [0.2, 0.25) is 0 Å². The molecule has 3 rings (SSSR count). The summed E-state index contributed by atoms with van der Waals surface area (Å²) in [5, 5.41) is 20.8. The number of pyridine rings is 1. The largest absolute Gasteiger partial charge is 0.478 e. The molecule has 1 amide bonds. The molecule has 2 heterocycles. The first-order chi connectivity index (χ1) is 13.3. The minimum atomic E-state index is -1.33. The van der Waals surface area contributed by atoms with Gasteiger partial charge >= 0.3 is 11.9 Å². The van der Waals surface area contributed by atoms with Crippen molar-refractivity contribution in [3.8, 4) is 0 Å². The van der Waals surface area contributed by atoms with Crippen LogP contribution in [-0.4, -0.2) is 37.4 Å². The molecule has 3 aromatic rings. The van der Waals surface area contributed by atoms with Crippen molar-refractivity contribution in [3.63, 3.8) is 0 Å². The van der Waals surface area contributed by atoms with Crippen LogP contribution in [0.2, 0.25) is 0 Å². The van der Waals surface area contributed by atoms with Gasteiger partial charge in [0.05, 0.1) is 16.8 Å². The lowest BCUT2D eigenvalue weighted by Crippen LogP contribution is -2.17. The summed E-state index contributed by atoms with van der Waals surface area (Å²) in [6.07, 6.45) is 2.30. The third-order valence-electron chi connectivity index (χ3n) is 4.04. The fourth-order valence-corrected chi connectivity index (χ4v) is 2.86. The molecule has 0 atom stereocenters. The number of aromatic carboxylic acids is 2. The zero-order valence-electron chi connectivity index (χ0n) is 14.8. The van der Waals surface area contributed by atoms with E-state index < -0.39 is 23.7 Å². The highest BCUT2D eigenvalue weighted by Gasteiger charge is 2.20. The van der Waals surface area contributed by atoms with E-state index in [1.54, 1.807) is 0 Å². The number of nitrogens with zero attached hydrogens (tertiary/aromatic N) is 2. The Morgan fingerprint density at radius 1 is 1.11 bits per heavy atom. The van der Waals surface area contributed by atoms with E-state index in [1.807, 2.05) is 6.92 Å². The Kier molecular flexibility index (Phi) is 5.08. The number of aromatic nitrogens is 2. The fraction of sp³-hybridized carbons (Fsp3) is 0.158. The standard InChI is InChI=1S/C19H16FN3O5/c1-2-3-14-16(23-9-12(20)4-5-15(23)22-14)17(24)21-13-7-10(18(25)26)6-11(8-13)19(27)28/h4-9H,2-3H2,1H3,(H,21,24)(H,25,26)(H,27,28). The highest BCUT2D eigenvalue weighted by molar-refractivity contribution is 6.06. The quantitative estimate of drug-likeness (QED) is 0.600. The fourth-order valence-electron chi connectivity index (χ4n) is 2.86. The predicted octanol–water partition coefficient (Wildman–Crippen LogP) is 3.07. The van der Waals surface area contributed by atoms with Gasteiger partial charge in [-0.05, 0) is 36.8 Å². The van der Waals surface area contributed by atoms with Crippen molar-refractivity contribution in [1.82, 2.24) is 9.38 Å². The second-order valence-electron chi connectivity index (χ2n) is 6.10. The Balaban J connectivity index is 2.06. The number of carbonyl (C=O) groups is 3. The molecule has 0 saturated heterocycles. The monoisotopic (exact) mass is 385 g/mol. The number of carboxylic acid groups (broad SMARTS) is 2. The normalized spacial score (nSPS) is 10.8. The van der Waals surface area contributed by atoms with Gasteiger partial charge in [0.1, 0.15) is 17.2 Å². The molecule has 0 aliphatic rings. The lowest BCUT2D eigenvalue weighted by atomic mass is 10.1. The van der Waals surface area contributed by atoms with Crippen LogP contribution in [-0.2, 0) is 6.42 Å². The molecule has 0 aliphatic heterocycles. The summed E-state index contributed by atoms with van der Waals surface area (Å²) in [7, 11) is 0. The van der Waals surface area contributed by atoms with E-state index in [4.69, 9.17) is 10.2 Å². The third-order valence-corrected chi connectivity index (χ3v) is 4.04. The van der Waals surface area contributed by atoms with Crippen molar-refractivity contribution in [1.29, 1.82) is 0 Å². The predicted molar refractivity (Wildman–Crippen MR) is 97.5 cm³/mol. The first-order valence-electron chi connectivity index (χ1n) is 8.39. The van der Waals surface area contributed by atoms with Crippen molar-refractivity contribution in [3.05, 3.63) is 64.9 Å². The van der Waals surface area contributed by atoms with Crippen LogP contribution in [0.25, 0.3) is 5.65 Å². The number of anilines is 1. The molecule has 144 valence electrons. The average molecular weight is 385 g/mol. The van der Waals surface area contributed by atoms with E-state index in [0.717, 1.165) is 24.4 Å². The van der Waals surface area contributed by atoms with Crippen molar-refractivity contribution in [2.45, 2.75) is 19.8 Å². The van der Waals surface area contributed by atoms with Crippen LogP contribution in [0.15, 0.2) is 36.5 Å². The van der Waals surface area contributed by atoms with Gasteiger partial charge in [-0.3, -0.25) is 9.20 Å². The smallest absolute Gasteiger partial charge is 0.335 e. The van der Waals surface area contributed by atoms with Crippen LogP contribution in [0, 0.1) is 5.82 Å². The summed E-state index contributed by atoms with van der Waals surface area (Å²) in [6, 6.07) is 5.96. The molecule has 0 fully saturated rings. The van der Waals surface area contributed by atoms with Crippen LogP contribution in [0.5, 0.6) is 0 Å². The molecule has 2 aromatic heterocycles. The number of rotatable bonds is 6. The van der Waals surface area contributed by atoms with E-state index >= 15 is 0 Å². The summed E-state index contributed by atoms with van der Waals surface area (Å²) in [4.78, 5) is 39.7. The maximum Gasteiger partial charge on any atom is 0.335 e. The number of hydrogen-bond donors (Lipinski definition) is 3. The van der Waals surface area contributed by atoms with Crippen LogP contribution in [0.1, 0.15) is 50.2 Å². The van der Waals surface area contributed by atoms with Crippen molar-refractivity contribution >= 4 is 29.2 Å². The molecule has 0 radical (unpaired) electrons. The highest BCUT2D eigenvalue weighted by atomic mass is 19.1. The van der Waals surface area contributed by atoms with Gasteiger partial charge in [-0.15, -0.1) is 0 Å². The summed E-state index contributed by atoms with van der Waals surface area (Å²) < 4.78 is 15.0. The minimum absolute atomic E-state index is 0.00361. The first kappa shape index (κ1) is 19.0. The zero-order valence-corrected chi connectivity index (χ0v) is 14.8. The van der Waals surface area contributed by atoms with Gasteiger partial charge in [-0.25, -0.2) is 19.0 Å². The zero-order chi connectivity index (χ0) is 20.4. The van der Waals surface area contributed by atoms with Gasteiger partial charge in [0.25, 0.3) is 5.91 Å². The van der Waals surface area contributed by atoms with E-state index in [2.05, 4.69) is 10.3 Å². The Hall–Kier alpha value is -3.75. The van der Waals surface area contributed by atoms with Crippen molar-refractivity contribution in [2.24, 2.45) is 0 Å². The summed E-state index contributed by atoms with van der Waals surface area (Å²) in [5.74, 6) is -3.87. The number of hydrogen-bond acceptors (Lipinski definition) is 4. The molecular weight excluding hydrogens is 369 g/mol. The lowest BCUT2D eigenvalue weighted by molar-refractivity contribution is 0.0696. The second kappa shape index (κ2) is 7.47. The Bertz CT molecular complexity index is 1070. The van der Waals surface area contributed by atoms with E-state index in [9.17, 15) is 18.8 Å². The molecule has 1 aromatic carbocycles. The molecule has 8 nitrogen and oxygen atoms in total. The Morgan fingerprint density at radius 2 is 1.75 bits per heavy atom. The van der Waals surface area contributed by atoms with Crippen LogP contribution in [0.4, 0.5) is 10.1 Å². The summed E-state index contributed by atoms with van der Waals surface area (Å²) >= 11 is 0. The highest BCUT2D eigenvalue weighted by Crippen LogP contribution is 2.20. The number of benzene rings is 1. The lowest BCUT2D eigenvalue weighted by Gasteiger charge is -2.09. The van der Waals surface area contributed by atoms with Crippen molar-refractivity contribution in [2.75, 3.05) is 5.32 Å². The van der Waals surface area contributed by atoms with E-state index in [-0.39, 0.29) is 22.5 Å². The maximum absolute atomic E-state index is 13.7. The summed E-state index contributed by atoms with van der Waals surface area (Å²) in [5.41, 5.74) is 0.380. The van der Waals surface area contributed by atoms with E-state index in [0.29, 0.717) is 24.2 Å². The number of imidazole rings is 1. The number of carboxylic acids is 2. The number of carbonyl (C=O) groups excluding carboxylic acids is 1. The molecule has 28 heavy (non-hydrogen) atoms. The van der Waals surface area contributed by atoms with Crippen LogP contribution >= 0.6 is 0 Å². The first-order valence-corrected chi connectivity index (χ1v) is 8.39. The van der Waals surface area contributed by atoms with Crippen LogP contribution in [0.3, 0.4) is 0 Å². The van der Waals surface area contributed by atoms with E-state index in [1.165, 1.54) is 16.5 Å². The van der Waals surface area contributed by atoms with Crippen LogP contribution < -0.4 is 5.32 Å². The molecule has 0 unspecified atom stereocenters.